The number of pyridine rings is 1. The Labute approximate surface area is 153 Å². The number of benzene rings is 1. The van der Waals surface area contributed by atoms with E-state index in [2.05, 4.69) is 15.2 Å². The van der Waals surface area contributed by atoms with Crippen molar-refractivity contribution in [2.75, 3.05) is 26.7 Å². The summed E-state index contributed by atoms with van der Waals surface area (Å²) in [5.41, 5.74) is 1.18. The number of amides is 1. The van der Waals surface area contributed by atoms with Crippen LogP contribution in [0, 0.1) is 0 Å². The van der Waals surface area contributed by atoms with E-state index in [1.165, 1.54) is 0 Å². The Bertz CT molecular complexity index is 796. The van der Waals surface area contributed by atoms with Crippen molar-refractivity contribution >= 4 is 5.91 Å². The van der Waals surface area contributed by atoms with Crippen LogP contribution in [0.3, 0.4) is 0 Å². The van der Waals surface area contributed by atoms with Crippen molar-refractivity contribution in [3.05, 3.63) is 53.9 Å². The van der Waals surface area contributed by atoms with Gasteiger partial charge in [0.1, 0.15) is 17.1 Å². The number of likely N-dealkylation sites (tertiary alicyclic amines) is 1. The van der Waals surface area contributed by atoms with Crippen LogP contribution in [0.1, 0.15) is 28.9 Å². The predicted octanol–water partition coefficient (Wildman–Crippen LogP) is 2.25. The Balaban J connectivity index is 1.57. The van der Waals surface area contributed by atoms with Crippen LogP contribution in [0.25, 0.3) is 0 Å². The number of nitrogens with zero attached hydrogens (tertiary/aromatic N) is 2. The molecule has 0 saturated carbocycles. The molecule has 1 atom stereocenters. The minimum absolute atomic E-state index is 0.0959. The maximum absolute atomic E-state index is 12.4. The maximum Gasteiger partial charge on any atom is 0.255 e. The van der Waals surface area contributed by atoms with Crippen LogP contribution in [0.5, 0.6) is 11.5 Å². The Morgan fingerprint density at radius 2 is 2.27 bits per heavy atom. The highest BCUT2D eigenvalue weighted by Crippen LogP contribution is 2.34. The van der Waals surface area contributed by atoms with Crippen LogP contribution < -0.4 is 14.8 Å². The number of carbonyl (C=O) groups excluding carboxylic acids is 1. The normalized spacial score (nSPS) is 22.9. The Kier molecular flexibility index (Phi) is 4.51. The first kappa shape index (κ1) is 16.8. The zero-order chi connectivity index (χ0) is 18.0. The second-order valence-electron chi connectivity index (χ2n) is 6.97. The molecule has 0 aliphatic carbocycles. The molecule has 1 saturated heterocycles. The molecular weight excluding hydrogens is 330 g/mol. The summed E-state index contributed by atoms with van der Waals surface area (Å²) in [5, 5.41) is 3.04. The quantitative estimate of drug-likeness (QED) is 0.917. The Morgan fingerprint density at radius 1 is 1.35 bits per heavy atom. The monoisotopic (exact) mass is 353 g/mol. The third-order valence-corrected chi connectivity index (χ3v) is 5.06. The first-order valence-electron chi connectivity index (χ1n) is 8.95. The molecule has 2 aliphatic rings. The van der Waals surface area contributed by atoms with E-state index in [0.717, 1.165) is 38.2 Å². The molecule has 1 amide bonds. The van der Waals surface area contributed by atoms with Crippen molar-refractivity contribution in [1.82, 2.24) is 15.2 Å². The van der Waals surface area contributed by atoms with Crippen LogP contribution in [0.15, 0.2) is 42.6 Å². The summed E-state index contributed by atoms with van der Waals surface area (Å²) in [7, 11) is 1.61. The molecule has 0 radical (unpaired) electrons. The topological polar surface area (TPSA) is 63.7 Å². The third kappa shape index (κ3) is 3.37. The first-order chi connectivity index (χ1) is 12.7. The molecule has 3 heterocycles. The molecule has 1 aromatic heterocycles. The number of methoxy groups -OCH3 is 1. The number of hydrogen-bond acceptors (Lipinski definition) is 5. The van der Waals surface area contributed by atoms with E-state index in [1.54, 1.807) is 25.3 Å². The van der Waals surface area contributed by atoms with E-state index >= 15 is 0 Å². The molecular formula is C20H23N3O3. The van der Waals surface area contributed by atoms with Crippen LogP contribution in [-0.4, -0.2) is 48.1 Å². The van der Waals surface area contributed by atoms with Crippen LogP contribution in [0.2, 0.25) is 0 Å². The second kappa shape index (κ2) is 6.96. The Hall–Kier alpha value is -2.60. The fourth-order valence-electron chi connectivity index (χ4n) is 3.78. The predicted molar refractivity (Wildman–Crippen MR) is 97.4 cm³/mol. The van der Waals surface area contributed by atoms with Crippen LogP contribution in [0.4, 0.5) is 0 Å². The van der Waals surface area contributed by atoms with Gasteiger partial charge in [-0.25, -0.2) is 0 Å². The summed E-state index contributed by atoms with van der Waals surface area (Å²) in [6.45, 7) is 3.04. The molecule has 1 fully saturated rings. The van der Waals surface area contributed by atoms with Crippen molar-refractivity contribution in [2.24, 2.45) is 0 Å². The molecule has 4 rings (SSSR count). The van der Waals surface area contributed by atoms with Gasteiger partial charge in [0.05, 0.1) is 24.9 Å². The number of rotatable bonds is 3. The summed E-state index contributed by atoms with van der Waals surface area (Å²) in [6.07, 6.45) is 3.74. The van der Waals surface area contributed by atoms with E-state index in [9.17, 15) is 4.79 Å². The standard InChI is InChI=1S/C20H23N3O3/c1-25-16-6-7-17-18(11-16)26-20(13-22-19(17)24)8-4-10-23(14-20)12-15-5-2-3-9-21-15/h2-3,5-7,9,11H,4,8,10,12-14H2,1H3,(H,22,24). The highest BCUT2D eigenvalue weighted by atomic mass is 16.5. The van der Waals surface area contributed by atoms with Gasteiger partial charge in [-0.3, -0.25) is 14.7 Å². The van der Waals surface area contributed by atoms with Crippen LogP contribution in [-0.2, 0) is 6.54 Å². The first-order valence-corrected chi connectivity index (χ1v) is 8.95. The largest absolute Gasteiger partial charge is 0.497 e. The molecule has 1 spiro atoms. The number of nitrogens with one attached hydrogen (secondary N) is 1. The van der Waals surface area contributed by atoms with Gasteiger partial charge >= 0.3 is 0 Å². The number of hydrogen-bond donors (Lipinski definition) is 1. The summed E-state index contributed by atoms with van der Waals surface area (Å²) in [6, 6.07) is 11.3. The van der Waals surface area contributed by atoms with Gasteiger partial charge in [-0.15, -0.1) is 0 Å². The number of ether oxygens (including phenoxy) is 2. The minimum atomic E-state index is -0.430. The highest BCUT2D eigenvalue weighted by molar-refractivity contribution is 5.97. The van der Waals surface area contributed by atoms with Gasteiger partial charge in [0.2, 0.25) is 0 Å². The summed E-state index contributed by atoms with van der Waals surface area (Å²) in [4.78, 5) is 19.2. The maximum atomic E-state index is 12.4. The smallest absolute Gasteiger partial charge is 0.255 e. The lowest BCUT2D eigenvalue weighted by atomic mass is 9.92. The van der Waals surface area contributed by atoms with Gasteiger partial charge < -0.3 is 14.8 Å². The summed E-state index contributed by atoms with van der Waals surface area (Å²) < 4.78 is 11.7. The van der Waals surface area contributed by atoms with E-state index in [4.69, 9.17) is 9.47 Å². The van der Waals surface area contributed by atoms with Gasteiger partial charge in [0, 0.05) is 25.4 Å². The van der Waals surface area contributed by atoms with Crippen LogP contribution >= 0.6 is 0 Å². The van der Waals surface area contributed by atoms with E-state index in [0.29, 0.717) is 23.6 Å². The fraction of sp³-hybridized carbons (Fsp3) is 0.400. The second-order valence-corrected chi connectivity index (χ2v) is 6.97. The minimum Gasteiger partial charge on any atom is -0.497 e. The summed E-state index contributed by atoms with van der Waals surface area (Å²) in [5.74, 6) is 1.19. The number of fused-ring (bicyclic) bond motifs is 1. The molecule has 2 aliphatic heterocycles. The van der Waals surface area contributed by atoms with Gasteiger partial charge in [0.25, 0.3) is 5.91 Å². The average molecular weight is 353 g/mol. The molecule has 6 heteroatoms. The molecule has 136 valence electrons. The number of carbonyl (C=O) groups is 1. The number of piperidine rings is 1. The van der Waals surface area contributed by atoms with E-state index in [1.807, 2.05) is 24.4 Å². The van der Waals surface area contributed by atoms with Crippen molar-refractivity contribution in [3.8, 4) is 11.5 Å². The Morgan fingerprint density at radius 3 is 3.08 bits per heavy atom. The van der Waals surface area contributed by atoms with Gasteiger partial charge in [-0.05, 0) is 43.7 Å². The summed E-state index contributed by atoms with van der Waals surface area (Å²) >= 11 is 0. The molecule has 1 N–H and O–H groups in total. The average Bonchev–Trinajstić information content (AvgIpc) is 2.79. The number of aromatic nitrogens is 1. The van der Waals surface area contributed by atoms with Gasteiger partial charge in [-0.1, -0.05) is 6.07 Å². The van der Waals surface area contributed by atoms with E-state index in [-0.39, 0.29) is 5.91 Å². The van der Waals surface area contributed by atoms with Gasteiger partial charge in [-0.2, -0.15) is 0 Å². The molecule has 6 nitrogen and oxygen atoms in total. The molecule has 1 unspecified atom stereocenters. The van der Waals surface area contributed by atoms with E-state index < -0.39 is 5.60 Å². The molecule has 2 aromatic rings. The zero-order valence-electron chi connectivity index (χ0n) is 14.9. The lowest BCUT2D eigenvalue weighted by Crippen LogP contribution is -2.56. The van der Waals surface area contributed by atoms with Crippen molar-refractivity contribution in [3.63, 3.8) is 0 Å². The fourth-order valence-corrected chi connectivity index (χ4v) is 3.78. The van der Waals surface area contributed by atoms with Crippen molar-refractivity contribution in [2.45, 2.75) is 25.0 Å². The van der Waals surface area contributed by atoms with Crippen molar-refractivity contribution < 1.29 is 14.3 Å². The zero-order valence-corrected chi connectivity index (χ0v) is 14.9. The molecule has 26 heavy (non-hydrogen) atoms. The lowest BCUT2D eigenvalue weighted by Gasteiger charge is -2.42. The molecule has 0 bridgehead atoms. The SMILES string of the molecule is COc1ccc2c(c1)OC1(CCCN(Cc3ccccn3)C1)CNC2=O. The third-order valence-electron chi connectivity index (χ3n) is 5.06. The van der Waals surface area contributed by atoms with Crippen molar-refractivity contribution in [1.29, 1.82) is 0 Å². The van der Waals surface area contributed by atoms with Gasteiger partial charge in [0.15, 0.2) is 0 Å². The highest BCUT2D eigenvalue weighted by Gasteiger charge is 2.41. The molecule has 1 aromatic carbocycles. The lowest BCUT2D eigenvalue weighted by molar-refractivity contribution is -0.00751.